The first-order chi connectivity index (χ1) is 12.0. The molecule has 25 heavy (non-hydrogen) atoms. The summed E-state index contributed by atoms with van der Waals surface area (Å²) in [6.07, 6.45) is 3.68. The number of rotatable bonds is 5. The standard InChI is InChI=1S/C18H17Cl2FN2O2/c19-13-5-4-12(15(20)8-13)10-23-18-11(9-22-23)2-1-3-14(18)16(21)6-7-17(24)25/h4-5,8-9H,1-3,6-7,10H2,(H,24,25)/b16-14-. The van der Waals surface area contributed by atoms with Gasteiger partial charge in [0.1, 0.15) is 5.83 Å². The van der Waals surface area contributed by atoms with E-state index in [-0.39, 0.29) is 18.7 Å². The summed E-state index contributed by atoms with van der Waals surface area (Å²) >= 11 is 12.2. The third-order valence-corrected chi connectivity index (χ3v) is 4.88. The molecule has 2 aromatic rings. The van der Waals surface area contributed by atoms with Crippen molar-refractivity contribution >= 4 is 34.7 Å². The first-order valence-corrected chi connectivity index (χ1v) is 8.79. The van der Waals surface area contributed by atoms with Crippen molar-refractivity contribution in [1.29, 1.82) is 0 Å². The van der Waals surface area contributed by atoms with Crippen molar-refractivity contribution in [2.24, 2.45) is 0 Å². The van der Waals surface area contributed by atoms with E-state index in [1.54, 1.807) is 23.0 Å². The predicted octanol–water partition coefficient (Wildman–Crippen LogP) is 5.12. The lowest BCUT2D eigenvalue weighted by Gasteiger charge is -2.19. The van der Waals surface area contributed by atoms with Gasteiger partial charge in [0.25, 0.3) is 0 Å². The molecule has 1 heterocycles. The zero-order chi connectivity index (χ0) is 18.0. The molecule has 0 saturated carbocycles. The number of carboxylic acid groups (broad SMARTS) is 1. The van der Waals surface area contributed by atoms with E-state index in [1.807, 2.05) is 6.07 Å². The van der Waals surface area contributed by atoms with E-state index in [0.717, 1.165) is 29.7 Å². The molecule has 0 bridgehead atoms. The van der Waals surface area contributed by atoms with E-state index in [0.29, 0.717) is 28.6 Å². The molecule has 0 aliphatic heterocycles. The summed E-state index contributed by atoms with van der Waals surface area (Å²) < 4.78 is 16.3. The number of fused-ring (bicyclic) bond motifs is 1. The summed E-state index contributed by atoms with van der Waals surface area (Å²) in [5.74, 6) is -1.37. The molecule has 0 saturated heterocycles. The minimum Gasteiger partial charge on any atom is -0.481 e. The minimum atomic E-state index is -1.01. The zero-order valence-electron chi connectivity index (χ0n) is 13.4. The molecule has 3 rings (SSSR count). The van der Waals surface area contributed by atoms with Crippen LogP contribution in [0.25, 0.3) is 5.57 Å². The Morgan fingerprint density at radius 1 is 1.28 bits per heavy atom. The molecule has 0 spiro atoms. The smallest absolute Gasteiger partial charge is 0.303 e. The van der Waals surface area contributed by atoms with Crippen LogP contribution in [0.2, 0.25) is 10.0 Å². The normalized spacial score (nSPS) is 15.8. The molecule has 0 atom stereocenters. The van der Waals surface area contributed by atoms with E-state index in [4.69, 9.17) is 28.3 Å². The van der Waals surface area contributed by atoms with Crippen molar-refractivity contribution in [3.05, 3.63) is 57.1 Å². The van der Waals surface area contributed by atoms with E-state index < -0.39 is 5.97 Å². The van der Waals surface area contributed by atoms with Gasteiger partial charge in [-0.2, -0.15) is 5.10 Å². The molecular formula is C18H17Cl2FN2O2. The maximum atomic E-state index is 14.6. The Balaban J connectivity index is 1.95. The highest BCUT2D eigenvalue weighted by Gasteiger charge is 2.23. The Morgan fingerprint density at radius 3 is 2.80 bits per heavy atom. The summed E-state index contributed by atoms with van der Waals surface area (Å²) in [7, 11) is 0. The summed E-state index contributed by atoms with van der Waals surface area (Å²) in [5, 5.41) is 14.3. The molecule has 1 aromatic carbocycles. The number of halogens is 3. The van der Waals surface area contributed by atoms with Gasteiger partial charge in [0, 0.05) is 22.0 Å². The van der Waals surface area contributed by atoms with E-state index in [9.17, 15) is 9.18 Å². The van der Waals surface area contributed by atoms with Crippen molar-refractivity contribution in [2.75, 3.05) is 0 Å². The average Bonchev–Trinajstić information content (AvgIpc) is 2.98. The molecule has 132 valence electrons. The zero-order valence-corrected chi connectivity index (χ0v) is 14.9. The fourth-order valence-corrected chi connectivity index (χ4v) is 3.56. The number of carboxylic acids is 1. The third-order valence-electron chi connectivity index (χ3n) is 4.30. The Hall–Kier alpha value is -1.85. The lowest BCUT2D eigenvalue weighted by atomic mass is 9.91. The molecule has 0 radical (unpaired) electrons. The molecule has 1 aliphatic rings. The number of carbonyl (C=O) groups is 1. The SMILES string of the molecule is O=C(O)CC/C(F)=C1\CCCc2cnn(Cc3ccc(Cl)cc3Cl)c21. The first kappa shape index (κ1) is 18.0. The number of hydrogen-bond acceptors (Lipinski definition) is 2. The van der Waals surface area contributed by atoms with Crippen LogP contribution in [-0.4, -0.2) is 20.9 Å². The highest BCUT2D eigenvalue weighted by molar-refractivity contribution is 6.35. The van der Waals surface area contributed by atoms with Gasteiger partial charge in [-0.1, -0.05) is 29.3 Å². The molecule has 0 unspecified atom stereocenters. The van der Waals surface area contributed by atoms with Crippen LogP contribution in [0.1, 0.15) is 42.5 Å². The van der Waals surface area contributed by atoms with Crippen LogP contribution >= 0.6 is 23.2 Å². The van der Waals surface area contributed by atoms with Crippen LogP contribution in [0, 0.1) is 0 Å². The molecule has 4 nitrogen and oxygen atoms in total. The van der Waals surface area contributed by atoms with Crippen LogP contribution in [0.5, 0.6) is 0 Å². The van der Waals surface area contributed by atoms with Crippen LogP contribution in [0.3, 0.4) is 0 Å². The average molecular weight is 383 g/mol. The molecule has 1 aromatic heterocycles. The molecule has 0 amide bonds. The van der Waals surface area contributed by atoms with Gasteiger partial charge in [-0.05, 0) is 42.5 Å². The fourth-order valence-electron chi connectivity index (χ4n) is 3.09. The summed E-state index contributed by atoms with van der Waals surface area (Å²) in [6, 6.07) is 5.24. The van der Waals surface area contributed by atoms with E-state index in [1.165, 1.54) is 0 Å². The van der Waals surface area contributed by atoms with Gasteiger partial charge in [0.05, 0.1) is 24.9 Å². The first-order valence-electron chi connectivity index (χ1n) is 8.04. The van der Waals surface area contributed by atoms with Gasteiger partial charge in [0.2, 0.25) is 0 Å². The number of aryl methyl sites for hydroxylation is 1. The number of aliphatic carboxylic acids is 1. The van der Waals surface area contributed by atoms with Gasteiger partial charge in [-0.25, -0.2) is 4.39 Å². The maximum Gasteiger partial charge on any atom is 0.303 e. The number of hydrogen-bond donors (Lipinski definition) is 1. The van der Waals surface area contributed by atoms with E-state index in [2.05, 4.69) is 5.10 Å². The third kappa shape index (κ3) is 4.05. The van der Waals surface area contributed by atoms with Crippen LogP contribution in [0.4, 0.5) is 4.39 Å². The highest BCUT2D eigenvalue weighted by atomic mass is 35.5. The van der Waals surface area contributed by atoms with Crippen molar-refractivity contribution < 1.29 is 14.3 Å². The van der Waals surface area contributed by atoms with Gasteiger partial charge in [-0.3, -0.25) is 9.48 Å². The van der Waals surface area contributed by atoms with Crippen molar-refractivity contribution in [3.8, 4) is 0 Å². The highest BCUT2D eigenvalue weighted by Crippen LogP contribution is 2.35. The molecule has 1 N–H and O–H groups in total. The van der Waals surface area contributed by atoms with Gasteiger partial charge in [-0.15, -0.1) is 0 Å². The quantitative estimate of drug-likeness (QED) is 0.780. The second-order valence-corrected chi connectivity index (χ2v) is 6.89. The predicted molar refractivity (Wildman–Crippen MR) is 95.6 cm³/mol. The number of aromatic nitrogens is 2. The van der Waals surface area contributed by atoms with Crippen molar-refractivity contribution in [1.82, 2.24) is 9.78 Å². The van der Waals surface area contributed by atoms with Crippen LogP contribution < -0.4 is 0 Å². The van der Waals surface area contributed by atoms with Gasteiger partial charge < -0.3 is 5.11 Å². The number of benzene rings is 1. The molecule has 1 aliphatic carbocycles. The number of allylic oxidation sites excluding steroid dienone is 2. The van der Waals surface area contributed by atoms with Gasteiger partial charge >= 0.3 is 5.97 Å². The topological polar surface area (TPSA) is 55.1 Å². The molecule has 7 heteroatoms. The monoisotopic (exact) mass is 382 g/mol. The Kier molecular flexibility index (Phi) is 5.45. The lowest BCUT2D eigenvalue weighted by molar-refractivity contribution is -0.137. The minimum absolute atomic E-state index is 0.100. The van der Waals surface area contributed by atoms with Gasteiger partial charge in [0.15, 0.2) is 0 Å². The molecule has 0 fully saturated rings. The van der Waals surface area contributed by atoms with Crippen LogP contribution in [0.15, 0.2) is 30.2 Å². The summed E-state index contributed by atoms with van der Waals surface area (Å²) in [4.78, 5) is 10.7. The lowest BCUT2D eigenvalue weighted by Crippen LogP contribution is -2.11. The second-order valence-electron chi connectivity index (χ2n) is 6.04. The fraction of sp³-hybridized carbons (Fsp3) is 0.333. The van der Waals surface area contributed by atoms with Crippen LogP contribution in [-0.2, 0) is 17.8 Å². The Bertz CT molecular complexity index is 846. The Morgan fingerprint density at radius 2 is 2.08 bits per heavy atom. The second kappa shape index (κ2) is 7.58. The largest absolute Gasteiger partial charge is 0.481 e. The summed E-state index contributed by atoms with van der Waals surface area (Å²) in [6.45, 7) is 0.404. The summed E-state index contributed by atoms with van der Waals surface area (Å²) in [5.41, 5.74) is 3.13. The Labute approximate surface area is 154 Å². The van der Waals surface area contributed by atoms with Crippen molar-refractivity contribution in [2.45, 2.75) is 38.6 Å². The maximum absolute atomic E-state index is 14.6. The molecular weight excluding hydrogens is 366 g/mol. The van der Waals surface area contributed by atoms with E-state index >= 15 is 0 Å². The van der Waals surface area contributed by atoms with Crippen molar-refractivity contribution in [3.63, 3.8) is 0 Å². The number of nitrogens with zero attached hydrogens (tertiary/aromatic N) is 2.